The number of ether oxygens (including phenoxy) is 2. The Labute approximate surface area is 179 Å². The fourth-order valence-corrected chi connectivity index (χ4v) is 3.82. The minimum atomic E-state index is -0.494. The lowest BCUT2D eigenvalue weighted by molar-refractivity contribution is 0.0139. The molecule has 2 aromatic rings. The highest BCUT2D eigenvalue weighted by atomic mass is 79.9. The second-order valence-electron chi connectivity index (χ2n) is 8.05. The van der Waals surface area contributed by atoms with Crippen molar-refractivity contribution in [1.82, 2.24) is 9.80 Å². The normalized spacial score (nSPS) is 15.6. The number of hydrogen-bond donors (Lipinski definition) is 0. The summed E-state index contributed by atoms with van der Waals surface area (Å²) < 4.78 is 17.2. The minimum absolute atomic E-state index is 0.271. The topological polar surface area (TPSA) is 72.2 Å². The van der Waals surface area contributed by atoms with Crippen molar-refractivity contribution in [2.75, 3.05) is 32.8 Å². The Kier molecular flexibility index (Phi) is 6.53. The first-order chi connectivity index (χ1) is 13.7. The number of amides is 1. The lowest BCUT2D eigenvalue weighted by Crippen LogP contribution is -2.49. The molecule has 1 amide bonds. The van der Waals surface area contributed by atoms with Crippen molar-refractivity contribution >= 4 is 39.0 Å². The Bertz CT molecular complexity index is 894. The van der Waals surface area contributed by atoms with Crippen LogP contribution in [0.1, 0.15) is 43.6 Å². The molecule has 1 saturated heterocycles. The molecule has 1 aliphatic heterocycles. The third-order valence-electron chi connectivity index (χ3n) is 4.63. The van der Waals surface area contributed by atoms with Crippen LogP contribution in [0.3, 0.4) is 0 Å². The molecule has 0 unspecified atom stereocenters. The SMILES string of the molecule is CCOC(=O)c1coc2c(CN3CCN(C(=O)OC(C)(C)C)CC3)cc(Br)cc12. The van der Waals surface area contributed by atoms with Crippen molar-refractivity contribution in [2.24, 2.45) is 0 Å². The van der Waals surface area contributed by atoms with E-state index >= 15 is 0 Å². The van der Waals surface area contributed by atoms with Gasteiger partial charge in [-0.15, -0.1) is 0 Å². The molecule has 0 bridgehead atoms. The number of carbonyl (C=O) groups is 2. The van der Waals surface area contributed by atoms with Crippen LogP contribution in [0.2, 0.25) is 0 Å². The number of halogens is 1. The maximum atomic E-state index is 12.2. The summed E-state index contributed by atoms with van der Waals surface area (Å²) in [6.45, 7) is 11.0. The molecule has 1 aromatic carbocycles. The summed E-state index contributed by atoms with van der Waals surface area (Å²) in [6.07, 6.45) is 1.19. The van der Waals surface area contributed by atoms with Crippen LogP contribution in [0, 0.1) is 0 Å². The Morgan fingerprint density at radius 2 is 1.86 bits per heavy atom. The maximum absolute atomic E-state index is 12.2. The lowest BCUT2D eigenvalue weighted by atomic mass is 10.1. The highest BCUT2D eigenvalue weighted by Crippen LogP contribution is 2.30. The van der Waals surface area contributed by atoms with E-state index in [9.17, 15) is 9.59 Å². The van der Waals surface area contributed by atoms with E-state index in [1.807, 2.05) is 32.9 Å². The maximum Gasteiger partial charge on any atom is 0.410 e. The van der Waals surface area contributed by atoms with E-state index < -0.39 is 5.60 Å². The van der Waals surface area contributed by atoms with E-state index in [0.717, 1.165) is 28.5 Å². The van der Waals surface area contributed by atoms with Gasteiger partial charge in [0, 0.05) is 48.1 Å². The number of hydrogen-bond acceptors (Lipinski definition) is 6. The van der Waals surface area contributed by atoms with E-state index in [1.165, 1.54) is 6.26 Å². The summed E-state index contributed by atoms with van der Waals surface area (Å²) in [4.78, 5) is 28.4. The summed E-state index contributed by atoms with van der Waals surface area (Å²) >= 11 is 3.53. The molecule has 0 atom stereocenters. The van der Waals surface area contributed by atoms with Gasteiger partial charge in [-0.3, -0.25) is 4.90 Å². The van der Waals surface area contributed by atoms with Crippen LogP contribution in [0.5, 0.6) is 0 Å². The predicted octanol–water partition coefficient (Wildman–Crippen LogP) is 4.42. The number of piperazine rings is 1. The quantitative estimate of drug-likeness (QED) is 0.620. The minimum Gasteiger partial charge on any atom is -0.463 e. The van der Waals surface area contributed by atoms with Crippen LogP contribution in [0.25, 0.3) is 11.0 Å². The van der Waals surface area contributed by atoms with Crippen molar-refractivity contribution in [1.29, 1.82) is 0 Å². The summed E-state index contributed by atoms with van der Waals surface area (Å²) in [7, 11) is 0. The molecule has 0 spiro atoms. The molecule has 2 heterocycles. The van der Waals surface area contributed by atoms with Gasteiger partial charge in [0.25, 0.3) is 0 Å². The fraction of sp³-hybridized carbons (Fsp3) is 0.524. The lowest BCUT2D eigenvalue weighted by Gasteiger charge is -2.35. The van der Waals surface area contributed by atoms with Crippen LogP contribution in [0.15, 0.2) is 27.3 Å². The highest BCUT2D eigenvalue weighted by Gasteiger charge is 2.26. The highest BCUT2D eigenvalue weighted by molar-refractivity contribution is 9.10. The van der Waals surface area contributed by atoms with Crippen molar-refractivity contribution in [3.63, 3.8) is 0 Å². The van der Waals surface area contributed by atoms with Crippen LogP contribution < -0.4 is 0 Å². The van der Waals surface area contributed by atoms with Gasteiger partial charge >= 0.3 is 12.1 Å². The second kappa shape index (κ2) is 8.75. The predicted molar refractivity (Wildman–Crippen MR) is 113 cm³/mol. The van der Waals surface area contributed by atoms with Gasteiger partial charge in [-0.05, 0) is 39.8 Å². The van der Waals surface area contributed by atoms with E-state index in [0.29, 0.717) is 37.4 Å². The molecule has 3 rings (SSSR count). The number of carbonyl (C=O) groups excluding carboxylic acids is 2. The number of rotatable bonds is 4. The van der Waals surface area contributed by atoms with Gasteiger partial charge in [-0.2, -0.15) is 0 Å². The van der Waals surface area contributed by atoms with Gasteiger partial charge in [0.2, 0.25) is 0 Å². The zero-order valence-corrected chi connectivity index (χ0v) is 18.9. The molecule has 0 saturated carbocycles. The molecule has 8 heteroatoms. The van der Waals surface area contributed by atoms with E-state index in [2.05, 4.69) is 20.8 Å². The molecule has 29 heavy (non-hydrogen) atoms. The first kappa shape index (κ1) is 21.6. The van der Waals surface area contributed by atoms with Gasteiger partial charge < -0.3 is 18.8 Å². The van der Waals surface area contributed by atoms with Gasteiger partial charge in [0.1, 0.15) is 23.0 Å². The van der Waals surface area contributed by atoms with Crippen molar-refractivity contribution in [2.45, 2.75) is 39.8 Å². The van der Waals surface area contributed by atoms with Gasteiger partial charge in [-0.1, -0.05) is 15.9 Å². The smallest absolute Gasteiger partial charge is 0.410 e. The molecular weight excluding hydrogens is 440 g/mol. The first-order valence-corrected chi connectivity index (χ1v) is 10.5. The summed E-state index contributed by atoms with van der Waals surface area (Å²) in [5.74, 6) is -0.388. The van der Waals surface area contributed by atoms with Crippen LogP contribution in [-0.4, -0.2) is 60.2 Å². The molecule has 1 aromatic heterocycles. The van der Waals surface area contributed by atoms with E-state index in [4.69, 9.17) is 13.9 Å². The number of fused-ring (bicyclic) bond motifs is 1. The molecule has 1 aliphatic rings. The fourth-order valence-electron chi connectivity index (χ4n) is 3.31. The molecular formula is C21H27BrN2O5. The average Bonchev–Trinajstić information content (AvgIpc) is 3.05. The molecule has 7 nitrogen and oxygen atoms in total. The Balaban J connectivity index is 1.70. The standard InChI is InChI=1S/C21H27BrN2O5/c1-5-27-19(25)17-13-28-18-14(10-15(22)11-16(17)18)12-23-6-8-24(9-7-23)20(26)29-21(2,3)4/h10-11,13H,5-9,12H2,1-4H3. The monoisotopic (exact) mass is 466 g/mol. The zero-order valence-electron chi connectivity index (χ0n) is 17.3. The zero-order chi connectivity index (χ0) is 21.2. The van der Waals surface area contributed by atoms with Crippen molar-refractivity contribution < 1.29 is 23.5 Å². The third-order valence-corrected chi connectivity index (χ3v) is 5.09. The van der Waals surface area contributed by atoms with Gasteiger partial charge in [-0.25, -0.2) is 9.59 Å². The number of nitrogens with zero attached hydrogens (tertiary/aromatic N) is 2. The molecule has 0 N–H and O–H groups in total. The van der Waals surface area contributed by atoms with Gasteiger partial charge in [0.05, 0.1) is 6.61 Å². The van der Waals surface area contributed by atoms with E-state index in [1.54, 1.807) is 11.8 Å². The second-order valence-corrected chi connectivity index (χ2v) is 8.97. The molecule has 158 valence electrons. The average molecular weight is 467 g/mol. The third kappa shape index (κ3) is 5.30. The van der Waals surface area contributed by atoms with Gasteiger partial charge in [0.15, 0.2) is 0 Å². The van der Waals surface area contributed by atoms with Crippen molar-refractivity contribution in [3.8, 4) is 0 Å². The molecule has 0 aliphatic carbocycles. The van der Waals surface area contributed by atoms with Crippen molar-refractivity contribution in [3.05, 3.63) is 34.0 Å². The van der Waals surface area contributed by atoms with Crippen LogP contribution >= 0.6 is 15.9 Å². The molecule has 1 fully saturated rings. The largest absolute Gasteiger partial charge is 0.463 e. The first-order valence-electron chi connectivity index (χ1n) is 9.75. The van der Waals surface area contributed by atoms with E-state index in [-0.39, 0.29) is 12.1 Å². The summed E-state index contributed by atoms with van der Waals surface area (Å²) in [6, 6.07) is 3.87. The Hall–Kier alpha value is -2.06. The number of esters is 1. The number of furan rings is 1. The number of benzene rings is 1. The summed E-state index contributed by atoms with van der Waals surface area (Å²) in [5.41, 5.74) is 1.60. The van der Waals surface area contributed by atoms with Crippen LogP contribution in [-0.2, 0) is 16.0 Å². The van der Waals surface area contributed by atoms with Crippen LogP contribution in [0.4, 0.5) is 4.79 Å². The Morgan fingerprint density at radius 1 is 1.17 bits per heavy atom. The summed E-state index contributed by atoms with van der Waals surface area (Å²) in [5, 5.41) is 0.736. The molecule has 0 radical (unpaired) electrons. The Morgan fingerprint density at radius 3 is 2.48 bits per heavy atom.